The van der Waals surface area contributed by atoms with Crippen molar-refractivity contribution in [2.24, 2.45) is 0 Å². The third kappa shape index (κ3) is 3.11. The third-order valence-corrected chi connectivity index (χ3v) is 2.46. The zero-order valence-electron chi connectivity index (χ0n) is 8.86. The van der Waals surface area contributed by atoms with E-state index in [1.165, 1.54) is 18.2 Å². The predicted octanol–water partition coefficient (Wildman–Crippen LogP) is 3.76. The number of halogens is 2. The summed E-state index contributed by atoms with van der Waals surface area (Å²) in [5, 5.41) is 9.58. The Hall–Kier alpha value is -1.74. The zero-order chi connectivity index (χ0) is 12.3. The van der Waals surface area contributed by atoms with Gasteiger partial charge in [-0.1, -0.05) is 23.7 Å². The molecule has 0 aromatic heterocycles. The van der Waals surface area contributed by atoms with Crippen molar-refractivity contribution in [1.82, 2.24) is 0 Å². The summed E-state index contributed by atoms with van der Waals surface area (Å²) in [6.45, 7) is 0.0897. The highest BCUT2D eigenvalue weighted by molar-refractivity contribution is 6.30. The van der Waals surface area contributed by atoms with Crippen LogP contribution in [-0.4, -0.2) is 5.11 Å². The van der Waals surface area contributed by atoms with Crippen LogP contribution in [0.4, 0.5) is 4.39 Å². The largest absolute Gasteiger partial charge is 0.508 e. The van der Waals surface area contributed by atoms with Crippen LogP contribution >= 0.6 is 11.6 Å². The maximum atomic E-state index is 13.4. The average Bonchev–Trinajstić information content (AvgIpc) is 2.28. The number of hydrogen-bond acceptors (Lipinski definition) is 2. The number of phenols is 1. The minimum Gasteiger partial charge on any atom is -0.508 e. The van der Waals surface area contributed by atoms with E-state index in [-0.39, 0.29) is 12.4 Å². The Morgan fingerprint density at radius 1 is 1.18 bits per heavy atom. The van der Waals surface area contributed by atoms with E-state index in [2.05, 4.69) is 0 Å². The highest BCUT2D eigenvalue weighted by atomic mass is 35.5. The van der Waals surface area contributed by atoms with E-state index >= 15 is 0 Å². The lowest BCUT2D eigenvalue weighted by Gasteiger charge is -2.07. The van der Waals surface area contributed by atoms with Gasteiger partial charge in [0, 0.05) is 16.7 Å². The molecule has 0 aliphatic carbocycles. The first-order valence-electron chi connectivity index (χ1n) is 5.01. The second kappa shape index (κ2) is 5.06. The molecule has 2 aromatic rings. The highest BCUT2D eigenvalue weighted by Crippen LogP contribution is 2.20. The molecule has 2 aromatic carbocycles. The van der Waals surface area contributed by atoms with E-state index < -0.39 is 5.82 Å². The first kappa shape index (κ1) is 11.7. The molecule has 0 saturated carbocycles. The molecule has 0 amide bonds. The Kier molecular flexibility index (Phi) is 3.49. The second-order valence-corrected chi connectivity index (χ2v) is 3.96. The lowest BCUT2D eigenvalue weighted by atomic mass is 10.2. The molecule has 0 radical (unpaired) electrons. The number of benzene rings is 2. The quantitative estimate of drug-likeness (QED) is 0.901. The van der Waals surface area contributed by atoms with Gasteiger partial charge in [-0.2, -0.15) is 0 Å². The predicted molar refractivity (Wildman–Crippen MR) is 63.8 cm³/mol. The summed E-state index contributed by atoms with van der Waals surface area (Å²) in [6, 6.07) is 10.8. The number of aromatic hydroxyl groups is 1. The van der Waals surface area contributed by atoms with E-state index in [1.54, 1.807) is 24.3 Å². The highest BCUT2D eigenvalue weighted by Gasteiger charge is 2.04. The minimum atomic E-state index is -0.405. The van der Waals surface area contributed by atoms with Crippen molar-refractivity contribution in [2.45, 2.75) is 6.61 Å². The zero-order valence-corrected chi connectivity index (χ0v) is 9.62. The molecule has 0 bridgehead atoms. The molecular formula is C13H10ClFO2. The maximum absolute atomic E-state index is 13.4. The summed E-state index contributed by atoms with van der Waals surface area (Å²) < 4.78 is 18.8. The van der Waals surface area contributed by atoms with Gasteiger partial charge in [-0.15, -0.1) is 0 Å². The van der Waals surface area contributed by atoms with Crippen LogP contribution in [0.2, 0.25) is 5.02 Å². The van der Waals surface area contributed by atoms with Crippen LogP contribution in [0.1, 0.15) is 5.56 Å². The van der Waals surface area contributed by atoms with Crippen molar-refractivity contribution in [2.75, 3.05) is 0 Å². The number of rotatable bonds is 3. The molecule has 2 rings (SSSR count). The first-order valence-corrected chi connectivity index (χ1v) is 5.39. The van der Waals surface area contributed by atoms with Gasteiger partial charge >= 0.3 is 0 Å². The lowest BCUT2D eigenvalue weighted by Crippen LogP contribution is -1.98. The van der Waals surface area contributed by atoms with Crippen molar-refractivity contribution in [1.29, 1.82) is 0 Å². The van der Waals surface area contributed by atoms with Gasteiger partial charge in [0.05, 0.1) is 0 Å². The fourth-order valence-corrected chi connectivity index (χ4v) is 1.53. The molecule has 0 aliphatic heterocycles. The van der Waals surface area contributed by atoms with Gasteiger partial charge < -0.3 is 9.84 Å². The Bertz CT molecular complexity index is 529. The lowest BCUT2D eigenvalue weighted by molar-refractivity contribution is 0.298. The van der Waals surface area contributed by atoms with E-state index in [0.29, 0.717) is 16.3 Å². The number of hydrogen-bond donors (Lipinski definition) is 1. The van der Waals surface area contributed by atoms with E-state index in [0.717, 1.165) is 0 Å². The molecule has 1 N–H and O–H groups in total. The minimum absolute atomic E-state index is 0.0897. The van der Waals surface area contributed by atoms with Crippen LogP contribution in [0.25, 0.3) is 0 Å². The maximum Gasteiger partial charge on any atom is 0.131 e. The molecule has 4 heteroatoms. The Labute approximate surface area is 103 Å². The molecule has 0 fully saturated rings. The van der Waals surface area contributed by atoms with Crippen LogP contribution < -0.4 is 4.74 Å². The first-order chi connectivity index (χ1) is 8.15. The molecule has 88 valence electrons. The van der Waals surface area contributed by atoms with Crippen molar-refractivity contribution in [3.63, 3.8) is 0 Å². The van der Waals surface area contributed by atoms with Crippen LogP contribution in [0, 0.1) is 5.82 Å². The second-order valence-electron chi connectivity index (χ2n) is 3.52. The van der Waals surface area contributed by atoms with Crippen molar-refractivity contribution >= 4 is 11.6 Å². The SMILES string of the molecule is Oc1cccc(OCc2ccc(Cl)cc2F)c1. The molecule has 0 aliphatic rings. The van der Waals surface area contributed by atoms with Crippen LogP contribution in [-0.2, 0) is 6.61 Å². The molecule has 0 saturated heterocycles. The molecule has 0 spiro atoms. The van der Waals surface area contributed by atoms with E-state index in [4.69, 9.17) is 16.3 Å². The fraction of sp³-hybridized carbons (Fsp3) is 0.0769. The monoisotopic (exact) mass is 252 g/mol. The van der Waals surface area contributed by atoms with Crippen molar-refractivity contribution < 1.29 is 14.2 Å². The molecule has 0 unspecified atom stereocenters. The molecular weight excluding hydrogens is 243 g/mol. The van der Waals surface area contributed by atoms with Crippen molar-refractivity contribution in [3.05, 3.63) is 58.9 Å². The van der Waals surface area contributed by atoms with Gasteiger partial charge in [0.2, 0.25) is 0 Å². The van der Waals surface area contributed by atoms with E-state index in [1.807, 2.05) is 0 Å². The fourth-order valence-electron chi connectivity index (χ4n) is 1.37. The van der Waals surface area contributed by atoms with Crippen LogP contribution in [0.15, 0.2) is 42.5 Å². The van der Waals surface area contributed by atoms with Gasteiger partial charge in [-0.05, 0) is 24.3 Å². The smallest absolute Gasteiger partial charge is 0.131 e. The summed E-state index contributed by atoms with van der Waals surface area (Å²) >= 11 is 5.64. The van der Waals surface area contributed by atoms with E-state index in [9.17, 15) is 9.50 Å². The summed E-state index contributed by atoms with van der Waals surface area (Å²) in [5.74, 6) is 0.191. The molecule has 0 atom stereocenters. The van der Waals surface area contributed by atoms with Gasteiger partial charge in [-0.3, -0.25) is 0 Å². The summed E-state index contributed by atoms with van der Waals surface area (Å²) in [5.41, 5.74) is 0.415. The number of phenolic OH excluding ortho intramolecular Hbond substituents is 1. The summed E-state index contributed by atoms with van der Waals surface area (Å²) in [7, 11) is 0. The molecule has 0 heterocycles. The Morgan fingerprint density at radius 3 is 2.71 bits per heavy atom. The van der Waals surface area contributed by atoms with Gasteiger partial charge in [-0.25, -0.2) is 4.39 Å². The van der Waals surface area contributed by atoms with Crippen LogP contribution in [0.5, 0.6) is 11.5 Å². The average molecular weight is 253 g/mol. The Balaban J connectivity index is 2.07. The summed E-state index contributed by atoms with van der Waals surface area (Å²) in [6.07, 6.45) is 0. The normalized spacial score (nSPS) is 10.2. The standard InChI is InChI=1S/C13H10ClFO2/c14-10-5-4-9(13(15)6-10)8-17-12-3-1-2-11(16)7-12/h1-7,16H,8H2. The van der Waals surface area contributed by atoms with Gasteiger partial charge in [0.25, 0.3) is 0 Å². The van der Waals surface area contributed by atoms with Gasteiger partial charge in [0.15, 0.2) is 0 Å². The van der Waals surface area contributed by atoms with Gasteiger partial charge in [0.1, 0.15) is 23.9 Å². The topological polar surface area (TPSA) is 29.5 Å². The molecule has 17 heavy (non-hydrogen) atoms. The van der Waals surface area contributed by atoms with Crippen LogP contribution in [0.3, 0.4) is 0 Å². The molecule has 2 nitrogen and oxygen atoms in total. The number of ether oxygens (including phenoxy) is 1. The summed E-state index contributed by atoms with van der Waals surface area (Å²) in [4.78, 5) is 0. The third-order valence-electron chi connectivity index (χ3n) is 2.23. The van der Waals surface area contributed by atoms with Crippen molar-refractivity contribution in [3.8, 4) is 11.5 Å². The Morgan fingerprint density at radius 2 is 2.00 bits per heavy atom.